The van der Waals surface area contributed by atoms with Crippen molar-refractivity contribution in [3.8, 4) is 17.2 Å². The van der Waals surface area contributed by atoms with Crippen molar-refractivity contribution >= 4 is 23.5 Å². The SMILES string of the molecule is COc1cc(-n2c(C)nc3ccc(S)cc3c2=O)ccc1OCCCN1CCCC1. The van der Waals surface area contributed by atoms with Gasteiger partial charge in [-0.05, 0) is 69.6 Å². The van der Waals surface area contributed by atoms with Crippen molar-refractivity contribution < 1.29 is 9.47 Å². The Labute approximate surface area is 181 Å². The van der Waals surface area contributed by atoms with Crippen LogP contribution in [0, 0.1) is 6.92 Å². The van der Waals surface area contributed by atoms with Crippen LogP contribution in [0.3, 0.4) is 0 Å². The number of nitrogens with zero attached hydrogens (tertiary/aromatic N) is 3. The number of benzene rings is 2. The van der Waals surface area contributed by atoms with Crippen molar-refractivity contribution in [1.82, 2.24) is 14.5 Å². The number of rotatable bonds is 7. The molecule has 0 unspecified atom stereocenters. The van der Waals surface area contributed by atoms with Crippen LogP contribution in [0.15, 0.2) is 46.1 Å². The molecular weight excluding hydrogens is 398 g/mol. The van der Waals surface area contributed by atoms with E-state index in [0.717, 1.165) is 17.9 Å². The lowest BCUT2D eigenvalue weighted by Crippen LogP contribution is -2.22. The summed E-state index contributed by atoms with van der Waals surface area (Å²) in [5.74, 6) is 1.89. The zero-order chi connectivity index (χ0) is 21.1. The van der Waals surface area contributed by atoms with E-state index in [0.29, 0.717) is 40.5 Å². The summed E-state index contributed by atoms with van der Waals surface area (Å²) >= 11 is 4.35. The molecule has 2 aromatic carbocycles. The molecule has 0 amide bonds. The number of likely N-dealkylation sites (tertiary alicyclic amines) is 1. The Morgan fingerprint density at radius 1 is 1.10 bits per heavy atom. The molecular formula is C23H27N3O3S. The van der Waals surface area contributed by atoms with E-state index in [1.165, 1.54) is 25.9 Å². The molecule has 30 heavy (non-hydrogen) atoms. The third kappa shape index (κ3) is 4.32. The lowest BCUT2D eigenvalue weighted by atomic mass is 10.2. The molecule has 4 rings (SSSR count). The third-order valence-electron chi connectivity index (χ3n) is 5.50. The van der Waals surface area contributed by atoms with Crippen LogP contribution in [0.4, 0.5) is 0 Å². The van der Waals surface area contributed by atoms with Crippen molar-refractivity contribution in [3.63, 3.8) is 0 Å². The number of methoxy groups -OCH3 is 1. The quantitative estimate of drug-likeness (QED) is 0.460. The number of fused-ring (bicyclic) bond motifs is 1. The first-order valence-electron chi connectivity index (χ1n) is 10.3. The van der Waals surface area contributed by atoms with E-state index < -0.39 is 0 Å². The molecule has 158 valence electrons. The summed E-state index contributed by atoms with van der Waals surface area (Å²) in [7, 11) is 1.61. The van der Waals surface area contributed by atoms with Gasteiger partial charge in [-0.3, -0.25) is 9.36 Å². The molecule has 0 bridgehead atoms. The van der Waals surface area contributed by atoms with Gasteiger partial charge in [0.05, 0.1) is 30.3 Å². The number of aryl methyl sites for hydroxylation is 1. The molecule has 3 aromatic rings. The third-order valence-corrected chi connectivity index (χ3v) is 5.78. The summed E-state index contributed by atoms with van der Waals surface area (Å²) in [5.41, 5.74) is 1.23. The highest BCUT2D eigenvalue weighted by molar-refractivity contribution is 7.80. The first kappa shape index (κ1) is 20.8. The molecule has 1 saturated heterocycles. The second kappa shape index (κ2) is 9.10. The molecule has 7 heteroatoms. The molecule has 2 heterocycles. The molecule has 0 radical (unpaired) electrons. The van der Waals surface area contributed by atoms with Gasteiger partial charge in [-0.25, -0.2) is 4.98 Å². The summed E-state index contributed by atoms with van der Waals surface area (Å²) in [5, 5.41) is 0.536. The zero-order valence-corrected chi connectivity index (χ0v) is 18.3. The summed E-state index contributed by atoms with van der Waals surface area (Å²) in [4.78, 5) is 20.9. The second-order valence-electron chi connectivity index (χ2n) is 7.59. The Balaban J connectivity index is 1.57. The first-order valence-corrected chi connectivity index (χ1v) is 10.8. The Bertz CT molecular complexity index is 1110. The van der Waals surface area contributed by atoms with Gasteiger partial charge in [0.2, 0.25) is 0 Å². The maximum absolute atomic E-state index is 13.1. The van der Waals surface area contributed by atoms with Crippen molar-refractivity contribution in [1.29, 1.82) is 0 Å². The highest BCUT2D eigenvalue weighted by atomic mass is 32.1. The molecule has 6 nitrogen and oxygen atoms in total. The molecule has 1 aliphatic rings. The lowest BCUT2D eigenvalue weighted by molar-refractivity contribution is 0.254. The molecule has 0 N–H and O–H groups in total. The van der Waals surface area contributed by atoms with Crippen LogP contribution in [0.2, 0.25) is 0 Å². The van der Waals surface area contributed by atoms with Crippen LogP contribution in [-0.4, -0.2) is 47.8 Å². The van der Waals surface area contributed by atoms with Gasteiger partial charge in [0.15, 0.2) is 11.5 Å². The molecule has 0 spiro atoms. The highest BCUT2D eigenvalue weighted by Gasteiger charge is 2.14. The minimum Gasteiger partial charge on any atom is -0.493 e. The van der Waals surface area contributed by atoms with Crippen molar-refractivity contribution in [2.24, 2.45) is 0 Å². The van der Waals surface area contributed by atoms with Crippen LogP contribution < -0.4 is 15.0 Å². The van der Waals surface area contributed by atoms with Gasteiger partial charge in [-0.2, -0.15) is 0 Å². The van der Waals surface area contributed by atoms with Crippen LogP contribution in [-0.2, 0) is 0 Å². The fraction of sp³-hybridized carbons (Fsp3) is 0.391. The van der Waals surface area contributed by atoms with Gasteiger partial charge >= 0.3 is 0 Å². The van der Waals surface area contributed by atoms with E-state index in [1.807, 2.05) is 37.3 Å². The van der Waals surface area contributed by atoms with E-state index in [4.69, 9.17) is 9.47 Å². The number of ether oxygens (including phenoxy) is 2. The van der Waals surface area contributed by atoms with E-state index in [1.54, 1.807) is 17.7 Å². The van der Waals surface area contributed by atoms with Crippen LogP contribution >= 0.6 is 12.6 Å². The number of aromatic nitrogens is 2. The molecule has 1 aliphatic heterocycles. The van der Waals surface area contributed by atoms with Crippen molar-refractivity contribution in [3.05, 3.63) is 52.6 Å². The standard InChI is InChI=1S/C23H27N3O3S/c1-16-24-20-8-7-18(30)15-19(20)23(27)26(16)17-6-9-21(22(14-17)28-2)29-13-5-12-25-10-3-4-11-25/h6-9,14-15,30H,3-5,10-13H2,1-2H3. The van der Waals surface area contributed by atoms with E-state index in [9.17, 15) is 4.79 Å². The summed E-state index contributed by atoms with van der Waals surface area (Å²) in [6, 6.07) is 10.9. The van der Waals surface area contributed by atoms with Gasteiger partial charge < -0.3 is 14.4 Å². The van der Waals surface area contributed by atoms with E-state index in [-0.39, 0.29) is 5.56 Å². The summed E-state index contributed by atoms with van der Waals surface area (Å²) in [6.07, 6.45) is 3.58. The number of hydrogen-bond acceptors (Lipinski definition) is 6. The normalized spacial score (nSPS) is 14.4. The molecule has 0 aliphatic carbocycles. The van der Waals surface area contributed by atoms with Gasteiger partial charge in [-0.15, -0.1) is 12.6 Å². The smallest absolute Gasteiger partial charge is 0.266 e. The Hall–Kier alpha value is -2.51. The largest absolute Gasteiger partial charge is 0.493 e. The topological polar surface area (TPSA) is 56.6 Å². The minimum absolute atomic E-state index is 0.130. The predicted octanol–water partition coefficient (Wildman–Crippen LogP) is 3.86. The zero-order valence-electron chi connectivity index (χ0n) is 17.4. The lowest BCUT2D eigenvalue weighted by Gasteiger charge is -2.16. The van der Waals surface area contributed by atoms with Gasteiger partial charge in [0.1, 0.15) is 5.82 Å². The molecule has 0 saturated carbocycles. The average molecular weight is 426 g/mol. The van der Waals surface area contributed by atoms with Crippen LogP contribution in [0.25, 0.3) is 16.6 Å². The monoisotopic (exact) mass is 425 g/mol. The van der Waals surface area contributed by atoms with Crippen molar-refractivity contribution in [2.75, 3.05) is 33.4 Å². The maximum atomic E-state index is 13.1. The van der Waals surface area contributed by atoms with Gasteiger partial charge in [0.25, 0.3) is 5.56 Å². The first-order chi connectivity index (χ1) is 14.6. The Morgan fingerprint density at radius 2 is 1.90 bits per heavy atom. The number of hydrogen-bond donors (Lipinski definition) is 1. The fourth-order valence-electron chi connectivity index (χ4n) is 3.98. The summed E-state index contributed by atoms with van der Waals surface area (Å²) in [6.45, 7) is 5.91. The fourth-order valence-corrected chi connectivity index (χ4v) is 4.18. The average Bonchev–Trinajstić information content (AvgIpc) is 3.26. The second-order valence-corrected chi connectivity index (χ2v) is 8.10. The molecule has 0 atom stereocenters. The molecule has 1 aromatic heterocycles. The maximum Gasteiger partial charge on any atom is 0.266 e. The predicted molar refractivity (Wildman–Crippen MR) is 122 cm³/mol. The van der Waals surface area contributed by atoms with Crippen LogP contribution in [0.1, 0.15) is 25.1 Å². The van der Waals surface area contributed by atoms with Gasteiger partial charge in [-0.1, -0.05) is 0 Å². The van der Waals surface area contributed by atoms with Crippen LogP contribution in [0.5, 0.6) is 11.5 Å². The Morgan fingerprint density at radius 3 is 2.67 bits per heavy atom. The number of thiol groups is 1. The van der Waals surface area contributed by atoms with Crippen molar-refractivity contribution in [2.45, 2.75) is 31.1 Å². The van der Waals surface area contributed by atoms with Gasteiger partial charge in [0, 0.05) is 17.5 Å². The van der Waals surface area contributed by atoms with E-state index >= 15 is 0 Å². The minimum atomic E-state index is -0.130. The van der Waals surface area contributed by atoms with E-state index in [2.05, 4.69) is 22.5 Å². The molecule has 1 fully saturated rings. The summed E-state index contributed by atoms with van der Waals surface area (Å²) < 4.78 is 13.1. The highest BCUT2D eigenvalue weighted by Crippen LogP contribution is 2.30. The Kier molecular flexibility index (Phi) is 6.29.